The lowest BCUT2D eigenvalue weighted by Gasteiger charge is -2.19. The van der Waals surface area contributed by atoms with Gasteiger partial charge in [0.2, 0.25) is 18.0 Å². The second kappa shape index (κ2) is 6.22. The molecule has 4 rings (SSSR count). The Balaban J connectivity index is 1.72. The Hall–Kier alpha value is -2.85. The van der Waals surface area contributed by atoms with Gasteiger partial charge in [0.25, 0.3) is 0 Å². The number of carbonyl (C=O) groups excluding carboxylic acids is 1. The van der Waals surface area contributed by atoms with Crippen molar-refractivity contribution in [1.82, 2.24) is 5.01 Å². The van der Waals surface area contributed by atoms with Crippen LogP contribution >= 0.6 is 11.6 Å². The van der Waals surface area contributed by atoms with E-state index in [2.05, 4.69) is 5.10 Å². The minimum atomic E-state index is -0.613. The van der Waals surface area contributed by atoms with Crippen molar-refractivity contribution in [3.63, 3.8) is 0 Å². The van der Waals surface area contributed by atoms with Crippen LogP contribution in [0.3, 0.4) is 0 Å². The fourth-order valence-corrected chi connectivity index (χ4v) is 3.08. The summed E-state index contributed by atoms with van der Waals surface area (Å²) in [5.74, 6) is 0.228. The van der Waals surface area contributed by atoms with E-state index in [9.17, 15) is 4.79 Å². The number of rotatable bonds is 2. The number of amides is 1. The molecule has 0 radical (unpaired) electrons. The van der Waals surface area contributed by atoms with Gasteiger partial charge in [0.15, 0.2) is 0 Å². The Kier molecular flexibility index (Phi) is 3.90. The number of hydrogen-bond acceptors (Lipinski definition) is 3. The molecule has 1 aliphatic heterocycles. The van der Waals surface area contributed by atoms with Gasteiger partial charge in [0.05, 0.1) is 0 Å². The molecule has 3 aromatic rings. The molecule has 0 aliphatic carbocycles. The van der Waals surface area contributed by atoms with Gasteiger partial charge in [-0.05, 0) is 35.0 Å². The molecule has 0 N–H and O–H groups in total. The summed E-state index contributed by atoms with van der Waals surface area (Å²) < 4.78 is 6.01. The van der Waals surface area contributed by atoms with Crippen LogP contribution in [0.1, 0.15) is 24.3 Å². The Morgan fingerprint density at radius 1 is 1.04 bits per heavy atom. The fourth-order valence-electron chi connectivity index (χ4n) is 2.88. The highest BCUT2D eigenvalue weighted by molar-refractivity contribution is 6.30. The van der Waals surface area contributed by atoms with Crippen molar-refractivity contribution < 1.29 is 9.53 Å². The van der Waals surface area contributed by atoms with Crippen LogP contribution in [-0.4, -0.2) is 16.8 Å². The normalized spacial score (nSPS) is 16.6. The molecular weight excluding hydrogens is 336 g/mol. The highest BCUT2D eigenvalue weighted by Crippen LogP contribution is 2.32. The summed E-state index contributed by atoms with van der Waals surface area (Å²) >= 11 is 6.07. The number of hydrazone groups is 1. The predicted octanol–water partition coefficient (Wildman–Crippen LogP) is 4.73. The van der Waals surface area contributed by atoms with Gasteiger partial charge in [-0.3, -0.25) is 4.79 Å². The van der Waals surface area contributed by atoms with E-state index in [1.54, 1.807) is 12.1 Å². The standard InChI is InChI=1S/C20H15ClN2O2/c1-13(24)23-20(17-7-4-8-18(21)12-17)25-19(22-23)16-10-9-14-5-2-3-6-15(14)11-16/h2-12,20H,1H3. The molecule has 0 saturated heterocycles. The van der Waals surface area contributed by atoms with Crippen molar-refractivity contribution in [3.8, 4) is 0 Å². The van der Waals surface area contributed by atoms with Crippen molar-refractivity contribution in [2.45, 2.75) is 13.2 Å². The summed E-state index contributed by atoms with van der Waals surface area (Å²) in [6.45, 7) is 1.47. The summed E-state index contributed by atoms with van der Waals surface area (Å²) in [6, 6.07) is 21.3. The number of carbonyl (C=O) groups is 1. The largest absolute Gasteiger partial charge is 0.446 e. The zero-order chi connectivity index (χ0) is 17.4. The number of hydrogen-bond donors (Lipinski definition) is 0. The predicted molar refractivity (Wildman–Crippen MR) is 98.3 cm³/mol. The quantitative estimate of drug-likeness (QED) is 0.670. The maximum atomic E-state index is 12.0. The van der Waals surface area contributed by atoms with E-state index < -0.39 is 6.23 Å². The highest BCUT2D eigenvalue weighted by Gasteiger charge is 2.33. The van der Waals surface area contributed by atoms with Crippen LogP contribution in [0.15, 0.2) is 71.8 Å². The average molecular weight is 351 g/mol. The highest BCUT2D eigenvalue weighted by atomic mass is 35.5. The summed E-state index contributed by atoms with van der Waals surface area (Å²) in [5.41, 5.74) is 1.61. The molecule has 25 heavy (non-hydrogen) atoms. The van der Waals surface area contributed by atoms with Gasteiger partial charge in [-0.2, -0.15) is 5.01 Å². The van der Waals surface area contributed by atoms with E-state index in [0.29, 0.717) is 10.9 Å². The first kappa shape index (κ1) is 15.7. The van der Waals surface area contributed by atoms with Gasteiger partial charge in [0, 0.05) is 23.1 Å². The summed E-state index contributed by atoms with van der Waals surface area (Å²) in [7, 11) is 0. The van der Waals surface area contributed by atoms with Crippen LogP contribution in [0.4, 0.5) is 0 Å². The minimum Gasteiger partial charge on any atom is -0.446 e. The topological polar surface area (TPSA) is 41.9 Å². The van der Waals surface area contributed by atoms with Crippen molar-refractivity contribution in [3.05, 3.63) is 82.9 Å². The average Bonchev–Trinajstić information content (AvgIpc) is 3.07. The molecule has 0 bridgehead atoms. The fraction of sp³-hybridized carbons (Fsp3) is 0.100. The van der Waals surface area contributed by atoms with Crippen LogP contribution in [0.5, 0.6) is 0 Å². The van der Waals surface area contributed by atoms with Crippen molar-refractivity contribution in [2.75, 3.05) is 0 Å². The number of benzene rings is 3. The first-order valence-electron chi connectivity index (χ1n) is 7.91. The lowest BCUT2D eigenvalue weighted by Crippen LogP contribution is -2.25. The Labute approximate surface area is 150 Å². The van der Waals surface area contributed by atoms with Crippen molar-refractivity contribution in [2.24, 2.45) is 5.10 Å². The van der Waals surface area contributed by atoms with Crippen LogP contribution < -0.4 is 0 Å². The lowest BCUT2D eigenvalue weighted by molar-refractivity contribution is -0.135. The molecule has 3 aromatic carbocycles. The van der Waals surface area contributed by atoms with Crippen LogP contribution in [0.25, 0.3) is 10.8 Å². The van der Waals surface area contributed by atoms with E-state index in [-0.39, 0.29) is 5.91 Å². The molecule has 1 aliphatic rings. The molecule has 4 nitrogen and oxygen atoms in total. The third-order valence-corrected chi connectivity index (χ3v) is 4.33. The smallest absolute Gasteiger partial charge is 0.243 e. The molecule has 1 heterocycles. The van der Waals surface area contributed by atoms with Crippen LogP contribution in [0, 0.1) is 0 Å². The second-order valence-electron chi connectivity index (χ2n) is 5.86. The molecule has 1 atom stereocenters. The van der Waals surface area contributed by atoms with Crippen LogP contribution in [0.2, 0.25) is 5.02 Å². The van der Waals surface area contributed by atoms with E-state index >= 15 is 0 Å². The Morgan fingerprint density at radius 2 is 1.84 bits per heavy atom. The minimum absolute atomic E-state index is 0.194. The molecule has 1 unspecified atom stereocenters. The van der Waals surface area contributed by atoms with Gasteiger partial charge in [-0.25, -0.2) is 0 Å². The molecule has 0 saturated carbocycles. The second-order valence-corrected chi connectivity index (χ2v) is 6.29. The lowest BCUT2D eigenvalue weighted by atomic mass is 10.1. The Morgan fingerprint density at radius 3 is 2.60 bits per heavy atom. The zero-order valence-electron chi connectivity index (χ0n) is 13.5. The number of nitrogens with zero attached hydrogens (tertiary/aromatic N) is 2. The first-order valence-corrected chi connectivity index (χ1v) is 8.29. The van der Waals surface area contributed by atoms with Gasteiger partial charge in [0.1, 0.15) is 0 Å². The van der Waals surface area contributed by atoms with Gasteiger partial charge >= 0.3 is 0 Å². The Bertz CT molecular complexity index is 1000. The molecular formula is C20H15ClN2O2. The maximum absolute atomic E-state index is 12.0. The van der Waals surface area contributed by atoms with Gasteiger partial charge in [-0.1, -0.05) is 54.1 Å². The number of halogens is 1. The zero-order valence-corrected chi connectivity index (χ0v) is 14.3. The van der Waals surface area contributed by atoms with Crippen molar-refractivity contribution >= 4 is 34.2 Å². The third-order valence-electron chi connectivity index (χ3n) is 4.10. The van der Waals surface area contributed by atoms with E-state index in [1.165, 1.54) is 11.9 Å². The summed E-state index contributed by atoms with van der Waals surface area (Å²) in [4.78, 5) is 12.0. The van der Waals surface area contributed by atoms with Crippen molar-refractivity contribution in [1.29, 1.82) is 0 Å². The number of fused-ring (bicyclic) bond motifs is 1. The van der Waals surface area contributed by atoms with Gasteiger partial charge < -0.3 is 4.74 Å². The SMILES string of the molecule is CC(=O)N1N=C(c2ccc3ccccc3c2)OC1c1cccc(Cl)c1. The third kappa shape index (κ3) is 2.96. The van der Waals surface area contributed by atoms with Gasteiger partial charge in [-0.15, -0.1) is 5.10 Å². The van der Waals surface area contributed by atoms with E-state index in [1.807, 2.05) is 54.6 Å². The molecule has 124 valence electrons. The first-order chi connectivity index (χ1) is 12.1. The van der Waals surface area contributed by atoms with Crippen LogP contribution in [-0.2, 0) is 9.53 Å². The summed E-state index contributed by atoms with van der Waals surface area (Å²) in [5, 5.41) is 8.55. The molecule has 5 heteroatoms. The molecule has 0 spiro atoms. The molecule has 0 aromatic heterocycles. The molecule has 1 amide bonds. The molecule has 0 fully saturated rings. The summed E-state index contributed by atoms with van der Waals surface area (Å²) in [6.07, 6.45) is -0.613. The monoisotopic (exact) mass is 350 g/mol. The maximum Gasteiger partial charge on any atom is 0.243 e. The number of ether oxygens (including phenoxy) is 1. The van der Waals surface area contributed by atoms with E-state index in [4.69, 9.17) is 16.3 Å². The van der Waals surface area contributed by atoms with E-state index in [0.717, 1.165) is 21.9 Å².